The van der Waals surface area contributed by atoms with Gasteiger partial charge in [0.2, 0.25) is 5.89 Å². The van der Waals surface area contributed by atoms with Crippen LogP contribution in [0.5, 0.6) is 0 Å². The molecule has 2 fully saturated rings. The zero-order valence-electron chi connectivity index (χ0n) is 13.6. The molecule has 1 saturated carbocycles. The Labute approximate surface area is 140 Å². The van der Waals surface area contributed by atoms with Crippen molar-refractivity contribution in [1.29, 1.82) is 5.26 Å². The lowest BCUT2D eigenvalue weighted by atomic mass is 10.2. The van der Waals surface area contributed by atoms with Crippen LogP contribution in [-0.4, -0.2) is 46.2 Å². The highest BCUT2D eigenvalue weighted by Crippen LogP contribution is 2.38. The van der Waals surface area contributed by atoms with Crippen LogP contribution in [0, 0.1) is 11.3 Å². The molecule has 0 radical (unpaired) electrons. The number of aromatic nitrogens is 3. The van der Waals surface area contributed by atoms with Gasteiger partial charge in [0.1, 0.15) is 11.9 Å². The normalized spacial score (nSPS) is 19.0. The first-order valence-electron chi connectivity index (χ1n) is 8.48. The van der Waals surface area contributed by atoms with Gasteiger partial charge < -0.3 is 9.42 Å². The fourth-order valence-corrected chi connectivity index (χ4v) is 3.11. The van der Waals surface area contributed by atoms with Crippen molar-refractivity contribution >= 4 is 5.82 Å². The summed E-state index contributed by atoms with van der Waals surface area (Å²) in [6.45, 7) is 4.31. The monoisotopic (exact) mass is 324 g/mol. The third-order valence-corrected chi connectivity index (χ3v) is 4.58. The van der Waals surface area contributed by atoms with Gasteiger partial charge in [0.05, 0.1) is 12.1 Å². The molecule has 24 heavy (non-hydrogen) atoms. The highest BCUT2D eigenvalue weighted by molar-refractivity contribution is 5.53. The van der Waals surface area contributed by atoms with Crippen LogP contribution < -0.4 is 4.90 Å². The quantitative estimate of drug-likeness (QED) is 0.849. The molecule has 0 atom stereocenters. The zero-order valence-corrected chi connectivity index (χ0v) is 13.6. The molecule has 1 aliphatic heterocycles. The molecule has 3 heterocycles. The lowest BCUT2D eigenvalue weighted by molar-refractivity contribution is 0.239. The molecule has 0 aromatic carbocycles. The van der Waals surface area contributed by atoms with E-state index >= 15 is 0 Å². The summed E-state index contributed by atoms with van der Waals surface area (Å²) in [5.41, 5.74) is 0.636. The first-order chi connectivity index (χ1) is 11.8. The second-order valence-corrected chi connectivity index (χ2v) is 6.42. The fourth-order valence-electron chi connectivity index (χ4n) is 3.11. The number of nitrogens with zero attached hydrogens (tertiary/aromatic N) is 6. The molecule has 7 heteroatoms. The van der Waals surface area contributed by atoms with E-state index in [2.05, 4.69) is 31.0 Å². The van der Waals surface area contributed by atoms with E-state index in [1.165, 1.54) is 12.8 Å². The molecule has 0 amide bonds. The Hall–Kier alpha value is -2.46. The Morgan fingerprint density at radius 1 is 1.25 bits per heavy atom. The Morgan fingerprint density at radius 3 is 3.00 bits per heavy atom. The van der Waals surface area contributed by atoms with Crippen molar-refractivity contribution in [2.45, 2.75) is 31.7 Å². The van der Waals surface area contributed by atoms with E-state index in [1.807, 2.05) is 6.07 Å². The topological polar surface area (TPSA) is 82.1 Å². The van der Waals surface area contributed by atoms with Gasteiger partial charge in [-0.2, -0.15) is 10.2 Å². The predicted molar refractivity (Wildman–Crippen MR) is 87.3 cm³/mol. The number of hydrogen-bond acceptors (Lipinski definition) is 7. The highest BCUT2D eigenvalue weighted by atomic mass is 16.5. The maximum atomic E-state index is 9.26. The number of pyridine rings is 1. The third kappa shape index (κ3) is 3.24. The van der Waals surface area contributed by atoms with E-state index < -0.39 is 0 Å². The van der Waals surface area contributed by atoms with Crippen LogP contribution in [0.15, 0.2) is 22.9 Å². The zero-order chi connectivity index (χ0) is 16.4. The molecule has 124 valence electrons. The van der Waals surface area contributed by atoms with Gasteiger partial charge in [-0.3, -0.25) is 4.90 Å². The van der Waals surface area contributed by atoms with Crippen LogP contribution >= 0.6 is 0 Å². The summed E-state index contributed by atoms with van der Waals surface area (Å²) in [5.74, 6) is 2.89. The first kappa shape index (κ1) is 15.1. The molecule has 4 rings (SSSR count). The van der Waals surface area contributed by atoms with Gasteiger partial charge in [-0.05, 0) is 31.4 Å². The Balaban J connectivity index is 1.39. The van der Waals surface area contributed by atoms with Gasteiger partial charge in [-0.15, -0.1) is 0 Å². The van der Waals surface area contributed by atoms with Crippen molar-refractivity contribution in [2.75, 3.05) is 31.1 Å². The van der Waals surface area contributed by atoms with E-state index in [1.54, 1.807) is 12.3 Å². The molecule has 0 bridgehead atoms. The van der Waals surface area contributed by atoms with E-state index in [0.29, 0.717) is 23.9 Å². The summed E-state index contributed by atoms with van der Waals surface area (Å²) in [6.07, 6.45) is 5.13. The molecule has 7 nitrogen and oxygen atoms in total. The average molecular weight is 324 g/mol. The van der Waals surface area contributed by atoms with Crippen LogP contribution in [0.3, 0.4) is 0 Å². The minimum Gasteiger partial charge on any atom is -0.354 e. The first-order valence-corrected chi connectivity index (χ1v) is 8.48. The second kappa shape index (κ2) is 6.57. The highest BCUT2D eigenvalue weighted by Gasteiger charge is 2.29. The van der Waals surface area contributed by atoms with E-state index in [9.17, 15) is 5.26 Å². The van der Waals surface area contributed by atoms with Crippen LogP contribution in [0.4, 0.5) is 5.82 Å². The van der Waals surface area contributed by atoms with Gasteiger partial charge in [0.15, 0.2) is 5.82 Å². The number of anilines is 1. The molecule has 0 unspecified atom stereocenters. The van der Waals surface area contributed by atoms with Crippen molar-refractivity contribution in [3.05, 3.63) is 35.6 Å². The third-order valence-electron chi connectivity index (χ3n) is 4.58. The summed E-state index contributed by atoms with van der Waals surface area (Å²) >= 11 is 0. The van der Waals surface area contributed by atoms with E-state index in [-0.39, 0.29) is 0 Å². The Kier molecular flexibility index (Phi) is 4.13. The van der Waals surface area contributed by atoms with Gasteiger partial charge in [0, 0.05) is 38.3 Å². The Bertz CT molecular complexity index is 748. The van der Waals surface area contributed by atoms with Crippen LogP contribution in [0.1, 0.15) is 42.5 Å². The molecule has 1 saturated heterocycles. The molecular formula is C17H20N6O. The average Bonchev–Trinajstić information content (AvgIpc) is 3.40. The maximum Gasteiger partial charge on any atom is 0.240 e. The van der Waals surface area contributed by atoms with Crippen LogP contribution in [0.25, 0.3) is 0 Å². The predicted octanol–water partition coefficient (Wildman–Crippen LogP) is 1.93. The van der Waals surface area contributed by atoms with Crippen molar-refractivity contribution in [3.8, 4) is 6.07 Å². The van der Waals surface area contributed by atoms with Crippen molar-refractivity contribution in [1.82, 2.24) is 20.0 Å². The number of rotatable bonds is 4. The summed E-state index contributed by atoms with van der Waals surface area (Å²) in [6, 6.07) is 5.86. The van der Waals surface area contributed by atoms with E-state index in [0.717, 1.165) is 44.2 Å². The minimum atomic E-state index is 0.524. The second-order valence-electron chi connectivity index (χ2n) is 6.42. The number of hydrogen-bond donors (Lipinski definition) is 0. The summed E-state index contributed by atoms with van der Waals surface area (Å²) in [7, 11) is 0. The molecule has 2 aromatic heterocycles. The standard InChI is InChI=1S/C17H20N6O/c18-11-14-3-1-6-19-17(14)23-8-2-7-22(9-10-23)12-15-20-16(21-24-15)13-4-5-13/h1,3,6,13H,2,4-5,7-10,12H2. The molecule has 0 N–H and O–H groups in total. The van der Waals surface area contributed by atoms with Crippen LogP contribution in [-0.2, 0) is 6.54 Å². The lowest BCUT2D eigenvalue weighted by Gasteiger charge is -2.22. The van der Waals surface area contributed by atoms with Gasteiger partial charge >= 0.3 is 0 Å². The molecule has 2 aliphatic rings. The van der Waals surface area contributed by atoms with E-state index in [4.69, 9.17) is 4.52 Å². The maximum absolute atomic E-state index is 9.26. The fraction of sp³-hybridized carbons (Fsp3) is 0.529. The van der Waals surface area contributed by atoms with Crippen molar-refractivity contribution < 1.29 is 4.52 Å². The lowest BCUT2D eigenvalue weighted by Crippen LogP contribution is -2.31. The molecule has 1 aliphatic carbocycles. The summed E-state index contributed by atoms with van der Waals surface area (Å²) in [5, 5.41) is 13.3. The van der Waals surface area contributed by atoms with Gasteiger partial charge in [-0.25, -0.2) is 4.98 Å². The minimum absolute atomic E-state index is 0.524. The SMILES string of the molecule is N#Cc1cccnc1N1CCCN(Cc2nc(C3CC3)no2)CC1. The summed E-state index contributed by atoms with van der Waals surface area (Å²) in [4.78, 5) is 13.4. The van der Waals surface area contributed by atoms with Crippen molar-refractivity contribution in [3.63, 3.8) is 0 Å². The molecule has 2 aromatic rings. The van der Waals surface area contributed by atoms with Gasteiger partial charge in [0.25, 0.3) is 0 Å². The molecular weight excluding hydrogens is 304 g/mol. The van der Waals surface area contributed by atoms with Crippen LogP contribution in [0.2, 0.25) is 0 Å². The largest absolute Gasteiger partial charge is 0.354 e. The van der Waals surface area contributed by atoms with Crippen molar-refractivity contribution in [2.24, 2.45) is 0 Å². The summed E-state index contributed by atoms with van der Waals surface area (Å²) < 4.78 is 5.39. The smallest absolute Gasteiger partial charge is 0.240 e. The number of nitriles is 1. The van der Waals surface area contributed by atoms with Gasteiger partial charge in [-0.1, -0.05) is 5.16 Å². The molecule has 0 spiro atoms. The Morgan fingerprint density at radius 2 is 2.17 bits per heavy atom.